The van der Waals surface area contributed by atoms with Gasteiger partial charge in [0, 0.05) is 0 Å². The maximum atomic E-state index is 13.1. The van der Waals surface area contributed by atoms with E-state index in [0.717, 1.165) is 22.2 Å². The number of methoxy groups -OCH3 is 3. The van der Waals surface area contributed by atoms with E-state index in [9.17, 15) is 14.7 Å². The normalized spacial score (nSPS) is 15.8. The van der Waals surface area contributed by atoms with E-state index < -0.39 is 17.9 Å². The molecule has 3 rings (SSSR count). The van der Waals surface area contributed by atoms with E-state index >= 15 is 0 Å². The average molecular weight is 459 g/mol. The minimum atomic E-state index is -1.37. The SMILES string of the molecule is COc1cc(/C=C2/SC(=S)N([C@@H](Cc3ccccc3)C(=O)[O-])C2=O)cc(OC)c1OC. The second-order valence-electron chi connectivity index (χ2n) is 6.53. The van der Waals surface area contributed by atoms with Gasteiger partial charge >= 0.3 is 0 Å². The molecular formula is C22H20NO6S2-. The van der Waals surface area contributed by atoms with Gasteiger partial charge in [-0.05, 0) is 35.8 Å². The van der Waals surface area contributed by atoms with Crippen LogP contribution in [0, 0.1) is 0 Å². The highest BCUT2D eigenvalue weighted by atomic mass is 32.2. The summed E-state index contributed by atoms with van der Waals surface area (Å²) in [4.78, 5) is 26.3. The molecule has 0 unspecified atom stereocenters. The highest BCUT2D eigenvalue weighted by molar-refractivity contribution is 8.26. The predicted molar refractivity (Wildman–Crippen MR) is 120 cm³/mol. The molecule has 0 saturated carbocycles. The molecule has 1 atom stereocenters. The van der Waals surface area contributed by atoms with Gasteiger partial charge in [0.25, 0.3) is 5.91 Å². The Bertz CT molecular complexity index is 1010. The smallest absolute Gasteiger partial charge is 0.266 e. The van der Waals surface area contributed by atoms with Crippen LogP contribution in [-0.2, 0) is 16.0 Å². The lowest BCUT2D eigenvalue weighted by Gasteiger charge is -2.27. The topological polar surface area (TPSA) is 88.1 Å². The Morgan fingerprint density at radius 3 is 2.26 bits per heavy atom. The number of nitrogens with zero attached hydrogens (tertiary/aromatic N) is 1. The van der Waals surface area contributed by atoms with E-state index in [1.807, 2.05) is 6.07 Å². The van der Waals surface area contributed by atoms with Gasteiger partial charge in [0.05, 0.1) is 38.2 Å². The van der Waals surface area contributed by atoms with Gasteiger partial charge in [0.1, 0.15) is 4.32 Å². The minimum absolute atomic E-state index is 0.0904. The summed E-state index contributed by atoms with van der Waals surface area (Å²) in [6.07, 6.45) is 1.70. The molecule has 9 heteroatoms. The number of ether oxygens (including phenoxy) is 3. The summed E-state index contributed by atoms with van der Waals surface area (Å²) in [6, 6.07) is 11.2. The number of thiocarbonyl (C=S) groups is 1. The number of hydrogen-bond acceptors (Lipinski definition) is 8. The van der Waals surface area contributed by atoms with Crippen LogP contribution in [0.2, 0.25) is 0 Å². The van der Waals surface area contributed by atoms with E-state index in [-0.39, 0.29) is 10.7 Å². The molecule has 2 aromatic carbocycles. The molecule has 1 heterocycles. The van der Waals surface area contributed by atoms with Gasteiger partial charge in [-0.1, -0.05) is 54.3 Å². The zero-order valence-corrected chi connectivity index (χ0v) is 18.7. The molecule has 0 aromatic heterocycles. The van der Waals surface area contributed by atoms with Gasteiger partial charge in [0.15, 0.2) is 11.5 Å². The zero-order valence-electron chi connectivity index (χ0n) is 17.1. The second-order valence-corrected chi connectivity index (χ2v) is 8.21. The third-order valence-corrected chi connectivity index (χ3v) is 5.99. The van der Waals surface area contributed by atoms with Gasteiger partial charge in [-0.25, -0.2) is 0 Å². The number of carboxylic acids is 1. The molecule has 0 N–H and O–H groups in total. The standard InChI is InChI=1S/C22H21NO6S2/c1-27-16-10-14(11-17(28-2)19(16)29-3)12-18-20(24)23(22(30)31-18)15(21(25)26)9-13-7-5-4-6-8-13/h4-8,10-12,15H,9H2,1-3H3,(H,25,26)/p-1/b18-12+/t15-/m0/s1. The lowest BCUT2D eigenvalue weighted by atomic mass is 10.0. The van der Waals surface area contributed by atoms with Crippen LogP contribution in [0.3, 0.4) is 0 Å². The van der Waals surface area contributed by atoms with Crippen LogP contribution in [0.1, 0.15) is 11.1 Å². The third kappa shape index (κ3) is 4.83. The number of thioether (sulfide) groups is 1. The summed E-state index contributed by atoms with van der Waals surface area (Å²) in [5.74, 6) is -0.571. The number of carbonyl (C=O) groups is 2. The molecule has 0 aliphatic carbocycles. The van der Waals surface area contributed by atoms with E-state index in [2.05, 4.69) is 0 Å². The van der Waals surface area contributed by atoms with Crippen LogP contribution in [0.5, 0.6) is 17.2 Å². The Kier molecular flexibility index (Phi) is 7.19. The van der Waals surface area contributed by atoms with Crippen molar-refractivity contribution >= 4 is 46.3 Å². The van der Waals surface area contributed by atoms with Crippen molar-refractivity contribution in [3.05, 3.63) is 58.5 Å². The van der Waals surface area contributed by atoms with Crippen LogP contribution >= 0.6 is 24.0 Å². The van der Waals surface area contributed by atoms with Crippen molar-refractivity contribution in [3.63, 3.8) is 0 Å². The molecule has 0 radical (unpaired) electrons. The fourth-order valence-corrected chi connectivity index (χ4v) is 4.56. The van der Waals surface area contributed by atoms with Crippen LogP contribution in [0.15, 0.2) is 47.4 Å². The summed E-state index contributed by atoms with van der Waals surface area (Å²) in [5, 5.41) is 11.8. The first-order valence-electron chi connectivity index (χ1n) is 9.21. The van der Waals surface area contributed by atoms with Crippen molar-refractivity contribution in [2.45, 2.75) is 12.5 Å². The highest BCUT2D eigenvalue weighted by Crippen LogP contribution is 2.40. The largest absolute Gasteiger partial charge is 0.548 e. The van der Waals surface area contributed by atoms with Crippen LogP contribution in [0.4, 0.5) is 0 Å². The van der Waals surface area contributed by atoms with Gasteiger partial charge in [-0.2, -0.15) is 0 Å². The lowest BCUT2D eigenvalue weighted by molar-refractivity contribution is -0.310. The Morgan fingerprint density at radius 2 is 1.74 bits per heavy atom. The Labute approximate surface area is 189 Å². The summed E-state index contributed by atoms with van der Waals surface area (Å²) >= 11 is 6.36. The number of amides is 1. The van der Waals surface area contributed by atoms with E-state index in [0.29, 0.717) is 27.7 Å². The van der Waals surface area contributed by atoms with E-state index in [1.165, 1.54) is 21.3 Å². The van der Waals surface area contributed by atoms with Crippen LogP contribution in [-0.4, -0.2) is 48.5 Å². The number of hydrogen-bond donors (Lipinski definition) is 0. The van der Waals surface area contributed by atoms with Gasteiger partial charge in [-0.15, -0.1) is 0 Å². The molecule has 7 nitrogen and oxygen atoms in total. The fraction of sp³-hybridized carbons (Fsp3) is 0.227. The summed E-state index contributed by atoms with van der Waals surface area (Å²) in [6.45, 7) is 0. The monoisotopic (exact) mass is 458 g/mol. The quantitative estimate of drug-likeness (QED) is 0.440. The van der Waals surface area contributed by atoms with Crippen molar-refractivity contribution in [2.24, 2.45) is 0 Å². The van der Waals surface area contributed by atoms with Crippen molar-refractivity contribution in [2.75, 3.05) is 21.3 Å². The molecule has 1 saturated heterocycles. The maximum absolute atomic E-state index is 13.1. The first-order chi connectivity index (χ1) is 14.9. The minimum Gasteiger partial charge on any atom is -0.548 e. The van der Waals surface area contributed by atoms with Crippen molar-refractivity contribution in [1.29, 1.82) is 0 Å². The van der Waals surface area contributed by atoms with Crippen LogP contribution in [0.25, 0.3) is 6.08 Å². The number of carbonyl (C=O) groups excluding carboxylic acids is 2. The Hall–Kier alpha value is -3.04. The molecule has 1 fully saturated rings. The number of carboxylic acid groups (broad SMARTS) is 1. The van der Waals surface area contributed by atoms with Crippen LogP contribution < -0.4 is 19.3 Å². The maximum Gasteiger partial charge on any atom is 0.266 e. The van der Waals surface area contributed by atoms with Crippen molar-refractivity contribution in [1.82, 2.24) is 4.90 Å². The Morgan fingerprint density at radius 1 is 1.13 bits per heavy atom. The van der Waals surface area contributed by atoms with Gasteiger partial charge in [0.2, 0.25) is 5.75 Å². The van der Waals surface area contributed by atoms with Gasteiger partial charge < -0.3 is 24.1 Å². The molecule has 0 bridgehead atoms. The van der Waals surface area contributed by atoms with Crippen molar-refractivity contribution < 1.29 is 28.9 Å². The highest BCUT2D eigenvalue weighted by Gasteiger charge is 2.38. The van der Waals surface area contributed by atoms with Gasteiger partial charge in [-0.3, -0.25) is 9.69 Å². The van der Waals surface area contributed by atoms with E-state index in [1.54, 1.807) is 42.5 Å². The average Bonchev–Trinajstić information content (AvgIpc) is 3.04. The first kappa shape index (κ1) is 22.6. The molecule has 1 amide bonds. The third-order valence-electron chi connectivity index (χ3n) is 4.66. The summed E-state index contributed by atoms with van der Waals surface area (Å²) in [5.41, 5.74) is 1.38. The number of aliphatic carboxylic acids is 1. The fourth-order valence-electron chi connectivity index (χ4n) is 3.20. The second kappa shape index (κ2) is 9.84. The summed E-state index contributed by atoms with van der Waals surface area (Å²) in [7, 11) is 4.49. The molecule has 1 aliphatic heterocycles. The molecule has 0 spiro atoms. The van der Waals surface area contributed by atoms with Crippen molar-refractivity contribution in [3.8, 4) is 17.2 Å². The van der Waals surface area contributed by atoms with E-state index in [4.69, 9.17) is 26.4 Å². The summed E-state index contributed by atoms with van der Waals surface area (Å²) < 4.78 is 16.2. The molecular weight excluding hydrogens is 438 g/mol. The zero-order chi connectivity index (χ0) is 22.5. The molecule has 162 valence electrons. The predicted octanol–water partition coefficient (Wildman–Crippen LogP) is 2.27. The molecule has 2 aromatic rings. The number of rotatable bonds is 8. The first-order valence-corrected chi connectivity index (χ1v) is 10.4. The lowest BCUT2D eigenvalue weighted by Crippen LogP contribution is -2.51. The number of benzene rings is 2. The molecule has 1 aliphatic rings. The Balaban J connectivity index is 1.93. The molecule has 31 heavy (non-hydrogen) atoms.